The first-order valence-corrected chi connectivity index (χ1v) is 11.0. The van der Waals surface area contributed by atoms with Gasteiger partial charge in [-0.2, -0.15) is 5.10 Å². The van der Waals surface area contributed by atoms with E-state index in [-0.39, 0.29) is 11.8 Å². The van der Waals surface area contributed by atoms with Gasteiger partial charge < -0.3 is 9.64 Å². The largest absolute Gasteiger partial charge is 0.466 e. The molecule has 1 saturated heterocycles. The normalized spacial score (nSPS) is 23.0. The third-order valence-corrected chi connectivity index (χ3v) is 6.89. The van der Waals surface area contributed by atoms with Crippen LogP contribution in [0.5, 0.6) is 5.75 Å². The van der Waals surface area contributed by atoms with E-state index in [1.807, 2.05) is 12.1 Å². The SMILES string of the molecule is Cc1ccc2c(c1)C1CC(c3ccc(Cl)cc3)=NN1C1(CCN(C(C)C)CC1)O2. The number of ether oxygens (including phenoxy) is 1. The highest BCUT2D eigenvalue weighted by atomic mass is 35.5. The molecule has 152 valence electrons. The van der Waals surface area contributed by atoms with Crippen molar-refractivity contribution in [2.75, 3.05) is 13.1 Å². The quantitative estimate of drug-likeness (QED) is 0.665. The number of benzene rings is 2. The van der Waals surface area contributed by atoms with Crippen molar-refractivity contribution in [1.29, 1.82) is 0 Å². The van der Waals surface area contributed by atoms with Crippen molar-refractivity contribution >= 4 is 17.3 Å². The van der Waals surface area contributed by atoms with Crippen molar-refractivity contribution in [3.05, 3.63) is 64.2 Å². The second-order valence-corrected chi connectivity index (χ2v) is 9.27. The summed E-state index contributed by atoms with van der Waals surface area (Å²) in [6.07, 6.45) is 2.83. The summed E-state index contributed by atoms with van der Waals surface area (Å²) in [6, 6.07) is 15.4. The molecular weight excluding hydrogens is 382 g/mol. The lowest BCUT2D eigenvalue weighted by atomic mass is 9.90. The monoisotopic (exact) mass is 409 g/mol. The highest BCUT2D eigenvalue weighted by Gasteiger charge is 2.51. The number of rotatable bonds is 2. The van der Waals surface area contributed by atoms with Crippen LogP contribution in [0.15, 0.2) is 47.6 Å². The van der Waals surface area contributed by atoms with E-state index in [2.05, 4.69) is 61.0 Å². The first-order valence-electron chi connectivity index (χ1n) is 10.6. The molecule has 0 saturated carbocycles. The topological polar surface area (TPSA) is 28.1 Å². The van der Waals surface area contributed by atoms with E-state index in [1.165, 1.54) is 11.1 Å². The van der Waals surface area contributed by atoms with Crippen LogP contribution in [0, 0.1) is 6.92 Å². The molecule has 0 aliphatic carbocycles. The van der Waals surface area contributed by atoms with Gasteiger partial charge in [0.05, 0.1) is 11.8 Å². The zero-order chi connectivity index (χ0) is 20.2. The molecule has 5 rings (SSSR count). The van der Waals surface area contributed by atoms with E-state index in [1.54, 1.807) is 0 Å². The number of hydrogen-bond donors (Lipinski definition) is 0. The number of likely N-dealkylation sites (tertiary alicyclic amines) is 1. The summed E-state index contributed by atoms with van der Waals surface area (Å²) in [5.41, 5.74) is 4.43. The Balaban J connectivity index is 1.54. The lowest BCUT2D eigenvalue weighted by Crippen LogP contribution is -2.59. The number of aryl methyl sites for hydroxylation is 1. The van der Waals surface area contributed by atoms with Gasteiger partial charge in [-0.3, -0.25) is 0 Å². The van der Waals surface area contributed by atoms with E-state index >= 15 is 0 Å². The summed E-state index contributed by atoms with van der Waals surface area (Å²) in [5.74, 6) is 1.03. The molecule has 5 heteroatoms. The number of hydrazone groups is 1. The van der Waals surface area contributed by atoms with Crippen LogP contribution in [0.3, 0.4) is 0 Å². The highest BCUT2D eigenvalue weighted by Crippen LogP contribution is 2.50. The van der Waals surface area contributed by atoms with Crippen LogP contribution in [-0.4, -0.2) is 40.5 Å². The summed E-state index contributed by atoms with van der Waals surface area (Å²) in [6.45, 7) is 8.76. The summed E-state index contributed by atoms with van der Waals surface area (Å²) >= 11 is 6.11. The van der Waals surface area contributed by atoms with Crippen molar-refractivity contribution in [3.63, 3.8) is 0 Å². The Hall–Kier alpha value is -2.04. The van der Waals surface area contributed by atoms with E-state index < -0.39 is 0 Å². The van der Waals surface area contributed by atoms with E-state index in [0.29, 0.717) is 6.04 Å². The maximum atomic E-state index is 6.73. The van der Waals surface area contributed by atoms with Crippen molar-refractivity contribution in [1.82, 2.24) is 9.91 Å². The third-order valence-electron chi connectivity index (χ3n) is 6.64. The fourth-order valence-electron chi connectivity index (χ4n) is 4.94. The summed E-state index contributed by atoms with van der Waals surface area (Å²) < 4.78 is 6.73. The lowest BCUT2D eigenvalue weighted by molar-refractivity contribution is -0.152. The van der Waals surface area contributed by atoms with Crippen LogP contribution < -0.4 is 4.74 Å². The molecule has 1 spiro atoms. The van der Waals surface area contributed by atoms with Crippen molar-refractivity contribution < 1.29 is 4.74 Å². The van der Waals surface area contributed by atoms with E-state index in [0.717, 1.165) is 54.4 Å². The zero-order valence-corrected chi connectivity index (χ0v) is 18.1. The van der Waals surface area contributed by atoms with Gasteiger partial charge in [-0.1, -0.05) is 41.4 Å². The summed E-state index contributed by atoms with van der Waals surface area (Å²) in [7, 11) is 0. The molecule has 2 aromatic rings. The molecule has 0 amide bonds. The molecule has 1 fully saturated rings. The molecule has 29 heavy (non-hydrogen) atoms. The van der Waals surface area contributed by atoms with Gasteiger partial charge in [-0.25, -0.2) is 5.01 Å². The van der Waals surface area contributed by atoms with Gasteiger partial charge in [0.1, 0.15) is 5.75 Å². The average molecular weight is 410 g/mol. The van der Waals surface area contributed by atoms with Crippen molar-refractivity contribution in [2.45, 2.75) is 57.8 Å². The minimum absolute atomic E-state index is 0.231. The maximum absolute atomic E-state index is 6.73. The highest BCUT2D eigenvalue weighted by molar-refractivity contribution is 6.30. The molecule has 4 nitrogen and oxygen atoms in total. The van der Waals surface area contributed by atoms with Crippen LogP contribution in [0.25, 0.3) is 0 Å². The van der Waals surface area contributed by atoms with Crippen LogP contribution in [0.1, 0.15) is 55.8 Å². The van der Waals surface area contributed by atoms with Gasteiger partial charge >= 0.3 is 0 Å². The Morgan fingerprint density at radius 3 is 2.52 bits per heavy atom. The first-order chi connectivity index (χ1) is 13.9. The minimum Gasteiger partial charge on any atom is -0.466 e. The predicted octanol–water partition coefficient (Wildman–Crippen LogP) is 5.39. The summed E-state index contributed by atoms with van der Waals surface area (Å²) in [5, 5.41) is 8.19. The van der Waals surface area contributed by atoms with E-state index in [4.69, 9.17) is 21.4 Å². The van der Waals surface area contributed by atoms with Crippen molar-refractivity contribution in [2.24, 2.45) is 5.10 Å². The molecule has 0 radical (unpaired) electrons. The number of hydrogen-bond acceptors (Lipinski definition) is 4. The predicted molar refractivity (Wildman–Crippen MR) is 118 cm³/mol. The van der Waals surface area contributed by atoms with Crippen LogP contribution in [-0.2, 0) is 0 Å². The third kappa shape index (κ3) is 3.23. The Kier molecular flexibility index (Phi) is 4.60. The Morgan fingerprint density at radius 1 is 1.10 bits per heavy atom. The number of nitrogens with zero attached hydrogens (tertiary/aromatic N) is 3. The zero-order valence-electron chi connectivity index (χ0n) is 17.4. The standard InChI is InChI=1S/C24H28ClN3O/c1-16(2)27-12-10-24(11-13-27)28-22(20-14-17(3)4-9-23(20)29-24)15-21(26-28)18-5-7-19(25)8-6-18/h4-9,14,16,22H,10-13,15H2,1-3H3. The number of fused-ring (bicyclic) bond motifs is 4. The maximum Gasteiger partial charge on any atom is 0.200 e. The Labute approximate surface area is 178 Å². The van der Waals surface area contributed by atoms with Gasteiger partial charge in [0, 0.05) is 49.0 Å². The van der Waals surface area contributed by atoms with Gasteiger partial charge in [0.15, 0.2) is 0 Å². The molecule has 2 aromatic carbocycles. The molecule has 0 N–H and O–H groups in total. The van der Waals surface area contributed by atoms with E-state index in [9.17, 15) is 0 Å². The van der Waals surface area contributed by atoms with Crippen LogP contribution in [0.4, 0.5) is 0 Å². The number of halogens is 1. The molecule has 3 aliphatic rings. The minimum atomic E-state index is -0.355. The van der Waals surface area contributed by atoms with Gasteiger partial charge in [0.2, 0.25) is 5.72 Å². The second kappa shape index (κ2) is 7.03. The fraction of sp³-hybridized carbons (Fsp3) is 0.458. The smallest absolute Gasteiger partial charge is 0.200 e. The summed E-state index contributed by atoms with van der Waals surface area (Å²) in [4.78, 5) is 2.54. The molecule has 3 aliphatic heterocycles. The first kappa shape index (κ1) is 19.0. The number of piperidine rings is 1. The van der Waals surface area contributed by atoms with Gasteiger partial charge in [0.25, 0.3) is 0 Å². The molecule has 3 heterocycles. The molecule has 1 unspecified atom stereocenters. The second-order valence-electron chi connectivity index (χ2n) is 8.84. The average Bonchev–Trinajstić information content (AvgIpc) is 3.16. The molecule has 0 aromatic heterocycles. The molecule has 1 atom stereocenters. The van der Waals surface area contributed by atoms with Crippen LogP contribution >= 0.6 is 11.6 Å². The Bertz CT molecular complexity index is 945. The van der Waals surface area contributed by atoms with Crippen molar-refractivity contribution in [3.8, 4) is 5.75 Å². The molecular formula is C24H28ClN3O. The van der Waals surface area contributed by atoms with Gasteiger partial charge in [-0.15, -0.1) is 0 Å². The molecule has 0 bridgehead atoms. The van der Waals surface area contributed by atoms with Crippen LogP contribution in [0.2, 0.25) is 5.02 Å². The Morgan fingerprint density at radius 2 is 1.83 bits per heavy atom. The fourth-order valence-corrected chi connectivity index (χ4v) is 5.06. The lowest BCUT2D eigenvalue weighted by Gasteiger charge is -2.51. The van der Waals surface area contributed by atoms with Gasteiger partial charge in [-0.05, 0) is 44.5 Å².